The predicted molar refractivity (Wildman–Crippen MR) is 54.9 cm³/mol. The average molecular weight is 189 g/mol. The second kappa shape index (κ2) is 2.80. The molecule has 2 fully saturated rings. The Bertz CT molecular complexity index is 323. The number of ketones is 1. The molecule has 14 heavy (non-hydrogen) atoms. The first-order valence-electron chi connectivity index (χ1n) is 5.41. The summed E-state index contributed by atoms with van der Waals surface area (Å²) < 4.78 is 0. The van der Waals surface area contributed by atoms with Gasteiger partial charge in [0, 0.05) is 25.6 Å². The second-order valence-electron chi connectivity index (χ2n) is 4.72. The van der Waals surface area contributed by atoms with E-state index in [1.807, 2.05) is 0 Å². The summed E-state index contributed by atoms with van der Waals surface area (Å²) in [5.74, 6) is 0.504. The standard InChI is InChI=1S/C12H15NO/c14-11-6-7-12(11)8-13(9-12)10-4-2-1-3-5-10/h1-4,10H,5-9H2/t10-/m0/s1. The summed E-state index contributed by atoms with van der Waals surface area (Å²) in [5.41, 5.74) is 0.106. The van der Waals surface area contributed by atoms with Crippen LogP contribution in [0.5, 0.6) is 0 Å². The van der Waals surface area contributed by atoms with Crippen LogP contribution in [-0.2, 0) is 4.79 Å². The number of carbonyl (C=O) groups excluding carboxylic acids is 1. The first-order valence-corrected chi connectivity index (χ1v) is 5.41. The number of likely N-dealkylation sites (tertiary alicyclic amines) is 1. The molecule has 0 aromatic rings. The number of allylic oxidation sites excluding steroid dienone is 2. The topological polar surface area (TPSA) is 20.3 Å². The van der Waals surface area contributed by atoms with Gasteiger partial charge in [-0.15, -0.1) is 0 Å². The van der Waals surface area contributed by atoms with E-state index < -0.39 is 0 Å². The molecule has 2 heteroatoms. The highest BCUT2D eigenvalue weighted by atomic mass is 16.1. The van der Waals surface area contributed by atoms with Crippen LogP contribution in [0.25, 0.3) is 0 Å². The first kappa shape index (κ1) is 8.42. The van der Waals surface area contributed by atoms with Crippen LogP contribution in [0.15, 0.2) is 24.3 Å². The van der Waals surface area contributed by atoms with E-state index in [4.69, 9.17) is 0 Å². The third-order valence-corrected chi connectivity index (χ3v) is 3.86. The van der Waals surface area contributed by atoms with Gasteiger partial charge in [-0.2, -0.15) is 0 Å². The summed E-state index contributed by atoms with van der Waals surface area (Å²) >= 11 is 0. The first-order chi connectivity index (χ1) is 6.80. The summed E-state index contributed by atoms with van der Waals surface area (Å²) in [5, 5.41) is 0. The summed E-state index contributed by atoms with van der Waals surface area (Å²) in [6.07, 6.45) is 11.7. The molecule has 0 bridgehead atoms. The highest BCUT2D eigenvalue weighted by molar-refractivity contribution is 5.91. The van der Waals surface area contributed by atoms with Crippen LogP contribution in [0, 0.1) is 5.41 Å². The number of Topliss-reactive ketones (excluding diaryl/α,β-unsaturated/α-hetero) is 1. The molecule has 74 valence electrons. The van der Waals surface area contributed by atoms with Gasteiger partial charge in [-0.25, -0.2) is 0 Å². The lowest BCUT2D eigenvalue weighted by Gasteiger charge is -2.56. The van der Waals surface area contributed by atoms with E-state index in [2.05, 4.69) is 29.2 Å². The van der Waals surface area contributed by atoms with Crippen molar-refractivity contribution >= 4 is 5.78 Å². The minimum absolute atomic E-state index is 0.106. The third kappa shape index (κ3) is 1.04. The van der Waals surface area contributed by atoms with E-state index in [0.717, 1.165) is 32.4 Å². The zero-order valence-electron chi connectivity index (χ0n) is 8.28. The molecule has 1 saturated carbocycles. The number of nitrogens with zero attached hydrogens (tertiary/aromatic N) is 1. The molecular formula is C12H15NO. The SMILES string of the molecule is O=C1CCC12CN([C@H]1C=CC=CC1)C2. The van der Waals surface area contributed by atoms with Gasteiger partial charge in [0.15, 0.2) is 0 Å². The van der Waals surface area contributed by atoms with Crippen LogP contribution in [0.4, 0.5) is 0 Å². The van der Waals surface area contributed by atoms with Gasteiger partial charge in [-0.1, -0.05) is 24.3 Å². The van der Waals surface area contributed by atoms with Gasteiger partial charge in [0.25, 0.3) is 0 Å². The minimum Gasteiger partial charge on any atom is -0.299 e. The fraction of sp³-hybridized carbons (Fsp3) is 0.583. The number of hydrogen-bond acceptors (Lipinski definition) is 2. The van der Waals surface area contributed by atoms with Crippen molar-refractivity contribution in [1.29, 1.82) is 0 Å². The fourth-order valence-corrected chi connectivity index (χ4v) is 2.72. The smallest absolute Gasteiger partial charge is 0.141 e. The maximum Gasteiger partial charge on any atom is 0.141 e. The Morgan fingerprint density at radius 2 is 2.21 bits per heavy atom. The Morgan fingerprint density at radius 1 is 1.36 bits per heavy atom. The maximum absolute atomic E-state index is 11.4. The molecule has 3 aliphatic rings. The average Bonchev–Trinajstić information content (AvgIpc) is 2.15. The second-order valence-corrected chi connectivity index (χ2v) is 4.72. The largest absolute Gasteiger partial charge is 0.299 e. The van der Waals surface area contributed by atoms with Crippen LogP contribution in [0.1, 0.15) is 19.3 Å². The zero-order valence-corrected chi connectivity index (χ0v) is 8.28. The molecule has 0 unspecified atom stereocenters. The van der Waals surface area contributed by atoms with Crippen LogP contribution in [0.3, 0.4) is 0 Å². The molecule has 0 amide bonds. The van der Waals surface area contributed by atoms with E-state index in [0.29, 0.717) is 11.8 Å². The molecule has 1 aliphatic heterocycles. The molecule has 1 spiro atoms. The molecule has 0 N–H and O–H groups in total. The minimum atomic E-state index is 0.106. The molecule has 2 nitrogen and oxygen atoms in total. The molecule has 0 radical (unpaired) electrons. The Morgan fingerprint density at radius 3 is 2.71 bits per heavy atom. The van der Waals surface area contributed by atoms with Gasteiger partial charge in [0.05, 0.1) is 5.41 Å². The Labute approximate surface area is 84.3 Å². The maximum atomic E-state index is 11.4. The molecule has 0 aromatic heterocycles. The zero-order chi connectivity index (χ0) is 9.60. The molecule has 1 atom stereocenters. The lowest BCUT2D eigenvalue weighted by Crippen LogP contribution is -2.66. The molecule has 0 aromatic carbocycles. The van der Waals surface area contributed by atoms with E-state index in [9.17, 15) is 4.79 Å². The van der Waals surface area contributed by atoms with Gasteiger partial charge in [-0.05, 0) is 12.8 Å². The van der Waals surface area contributed by atoms with E-state index >= 15 is 0 Å². The van der Waals surface area contributed by atoms with Crippen molar-refractivity contribution in [2.24, 2.45) is 5.41 Å². The van der Waals surface area contributed by atoms with Crippen LogP contribution in [0.2, 0.25) is 0 Å². The van der Waals surface area contributed by atoms with Crippen LogP contribution in [-0.4, -0.2) is 29.8 Å². The monoisotopic (exact) mass is 189 g/mol. The van der Waals surface area contributed by atoms with E-state index in [-0.39, 0.29) is 5.41 Å². The normalized spacial score (nSPS) is 34.3. The predicted octanol–water partition coefficient (Wildman–Crippen LogP) is 1.54. The highest BCUT2D eigenvalue weighted by Gasteiger charge is 2.55. The van der Waals surface area contributed by atoms with Gasteiger partial charge < -0.3 is 0 Å². The number of rotatable bonds is 1. The van der Waals surface area contributed by atoms with Gasteiger partial charge in [-0.3, -0.25) is 9.69 Å². The van der Waals surface area contributed by atoms with Crippen molar-refractivity contribution < 1.29 is 4.79 Å². The van der Waals surface area contributed by atoms with Crippen molar-refractivity contribution in [1.82, 2.24) is 4.90 Å². The van der Waals surface area contributed by atoms with E-state index in [1.165, 1.54) is 0 Å². The Balaban J connectivity index is 1.61. The van der Waals surface area contributed by atoms with Crippen molar-refractivity contribution in [3.05, 3.63) is 24.3 Å². The lowest BCUT2D eigenvalue weighted by atomic mass is 9.62. The number of hydrogen-bond donors (Lipinski definition) is 0. The molecule has 1 saturated heterocycles. The Hall–Kier alpha value is -0.890. The Kier molecular flexibility index (Phi) is 1.68. The fourth-order valence-electron chi connectivity index (χ4n) is 2.72. The molecule has 2 aliphatic carbocycles. The van der Waals surface area contributed by atoms with Crippen LogP contribution < -0.4 is 0 Å². The quantitative estimate of drug-likeness (QED) is 0.623. The van der Waals surface area contributed by atoms with Gasteiger partial charge >= 0.3 is 0 Å². The third-order valence-electron chi connectivity index (χ3n) is 3.86. The highest BCUT2D eigenvalue weighted by Crippen LogP contribution is 2.46. The van der Waals surface area contributed by atoms with Crippen LogP contribution >= 0.6 is 0 Å². The van der Waals surface area contributed by atoms with E-state index in [1.54, 1.807) is 0 Å². The summed E-state index contributed by atoms with van der Waals surface area (Å²) in [6, 6.07) is 0.555. The molecule has 3 rings (SSSR count). The summed E-state index contributed by atoms with van der Waals surface area (Å²) in [4.78, 5) is 13.8. The van der Waals surface area contributed by atoms with Crippen molar-refractivity contribution in [3.63, 3.8) is 0 Å². The van der Waals surface area contributed by atoms with Crippen molar-refractivity contribution in [2.75, 3.05) is 13.1 Å². The van der Waals surface area contributed by atoms with Gasteiger partial charge in [0.1, 0.15) is 5.78 Å². The molecule has 1 heterocycles. The van der Waals surface area contributed by atoms with Crippen molar-refractivity contribution in [2.45, 2.75) is 25.3 Å². The molecular weight excluding hydrogens is 174 g/mol. The summed E-state index contributed by atoms with van der Waals surface area (Å²) in [7, 11) is 0. The summed E-state index contributed by atoms with van der Waals surface area (Å²) in [6.45, 7) is 2.02. The lowest BCUT2D eigenvalue weighted by molar-refractivity contribution is -0.155. The van der Waals surface area contributed by atoms with Crippen molar-refractivity contribution in [3.8, 4) is 0 Å². The van der Waals surface area contributed by atoms with Gasteiger partial charge in [0.2, 0.25) is 0 Å². The number of carbonyl (C=O) groups is 1.